The van der Waals surface area contributed by atoms with Gasteiger partial charge in [0, 0.05) is 11.6 Å². The van der Waals surface area contributed by atoms with Gasteiger partial charge in [0.2, 0.25) is 0 Å². The lowest BCUT2D eigenvalue weighted by molar-refractivity contribution is -0.183. The molecule has 0 aromatic heterocycles. The molecule has 1 aromatic rings. The SMILES string of the molecule is C[C@H](NC(=O)C(F)(F)C(C)(C)O)c1ccc(F)cc1OC(F)F. The molecule has 0 unspecified atom stereocenters. The van der Waals surface area contributed by atoms with Crippen molar-refractivity contribution in [3.63, 3.8) is 0 Å². The molecule has 130 valence electrons. The zero-order valence-corrected chi connectivity index (χ0v) is 12.5. The van der Waals surface area contributed by atoms with Crippen molar-refractivity contribution in [2.75, 3.05) is 0 Å². The normalized spacial score (nSPS) is 13.8. The molecule has 2 N–H and O–H groups in total. The summed E-state index contributed by atoms with van der Waals surface area (Å²) in [5.74, 6) is -7.38. The number of halogens is 5. The Labute approximate surface area is 129 Å². The molecule has 1 rings (SSSR count). The van der Waals surface area contributed by atoms with Crippen LogP contribution in [0.3, 0.4) is 0 Å². The van der Waals surface area contributed by atoms with Gasteiger partial charge >= 0.3 is 12.5 Å². The zero-order valence-electron chi connectivity index (χ0n) is 12.5. The lowest BCUT2D eigenvalue weighted by atomic mass is 9.99. The van der Waals surface area contributed by atoms with Crippen LogP contribution in [0.5, 0.6) is 5.75 Å². The van der Waals surface area contributed by atoms with E-state index in [0.717, 1.165) is 26.0 Å². The fourth-order valence-electron chi connectivity index (χ4n) is 1.71. The lowest BCUT2D eigenvalue weighted by Gasteiger charge is -2.29. The molecular weight excluding hydrogens is 325 g/mol. The van der Waals surface area contributed by atoms with E-state index >= 15 is 0 Å². The maximum Gasteiger partial charge on any atom is 0.387 e. The van der Waals surface area contributed by atoms with Crippen LogP contribution in [0.4, 0.5) is 22.0 Å². The van der Waals surface area contributed by atoms with Crippen molar-refractivity contribution in [1.29, 1.82) is 0 Å². The van der Waals surface area contributed by atoms with Gasteiger partial charge in [-0.25, -0.2) is 4.39 Å². The Morgan fingerprint density at radius 3 is 2.35 bits per heavy atom. The number of hydrogen-bond donors (Lipinski definition) is 2. The molecule has 9 heteroatoms. The lowest BCUT2D eigenvalue weighted by Crippen LogP contribution is -2.54. The molecule has 0 heterocycles. The van der Waals surface area contributed by atoms with Crippen molar-refractivity contribution < 1.29 is 36.6 Å². The van der Waals surface area contributed by atoms with Crippen LogP contribution in [0.2, 0.25) is 0 Å². The van der Waals surface area contributed by atoms with Crippen LogP contribution in [0.15, 0.2) is 18.2 Å². The van der Waals surface area contributed by atoms with Gasteiger partial charge < -0.3 is 15.2 Å². The van der Waals surface area contributed by atoms with Gasteiger partial charge in [0.05, 0.1) is 6.04 Å². The highest BCUT2D eigenvalue weighted by atomic mass is 19.3. The molecule has 1 aromatic carbocycles. The number of carbonyl (C=O) groups excluding carboxylic acids is 1. The van der Waals surface area contributed by atoms with Crippen LogP contribution < -0.4 is 10.1 Å². The predicted molar refractivity (Wildman–Crippen MR) is 70.8 cm³/mol. The number of benzene rings is 1. The van der Waals surface area contributed by atoms with Crippen molar-refractivity contribution >= 4 is 5.91 Å². The second-order valence-corrected chi connectivity index (χ2v) is 5.39. The smallest absolute Gasteiger partial charge is 0.387 e. The van der Waals surface area contributed by atoms with Crippen LogP contribution >= 0.6 is 0 Å². The molecule has 23 heavy (non-hydrogen) atoms. The number of amides is 1. The Morgan fingerprint density at radius 2 is 1.87 bits per heavy atom. The highest BCUT2D eigenvalue weighted by Gasteiger charge is 2.52. The largest absolute Gasteiger partial charge is 0.434 e. The van der Waals surface area contributed by atoms with E-state index in [2.05, 4.69) is 4.74 Å². The maximum absolute atomic E-state index is 13.7. The van der Waals surface area contributed by atoms with Crippen molar-refractivity contribution in [3.05, 3.63) is 29.6 Å². The summed E-state index contributed by atoms with van der Waals surface area (Å²) in [5.41, 5.74) is -2.74. The van der Waals surface area contributed by atoms with Gasteiger partial charge in [0.15, 0.2) is 0 Å². The third-order valence-corrected chi connectivity index (χ3v) is 3.06. The van der Waals surface area contributed by atoms with Gasteiger partial charge in [-0.2, -0.15) is 17.6 Å². The predicted octanol–water partition coefficient (Wildman–Crippen LogP) is 3.01. The van der Waals surface area contributed by atoms with Gasteiger partial charge in [0.25, 0.3) is 5.91 Å². The first-order valence-corrected chi connectivity index (χ1v) is 6.51. The Hall–Kier alpha value is -1.90. The van der Waals surface area contributed by atoms with E-state index in [9.17, 15) is 31.9 Å². The first-order valence-electron chi connectivity index (χ1n) is 6.51. The molecule has 0 spiro atoms. The zero-order chi connectivity index (χ0) is 18.0. The molecule has 0 aliphatic rings. The van der Waals surface area contributed by atoms with E-state index in [1.54, 1.807) is 0 Å². The van der Waals surface area contributed by atoms with E-state index in [-0.39, 0.29) is 5.56 Å². The topological polar surface area (TPSA) is 58.6 Å². The Kier molecular flexibility index (Phi) is 5.57. The molecule has 4 nitrogen and oxygen atoms in total. The van der Waals surface area contributed by atoms with Crippen molar-refractivity contribution in [2.45, 2.75) is 44.9 Å². The molecule has 1 atom stereocenters. The molecule has 0 fully saturated rings. The minimum Gasteiger partial charge on any atom is -0.434 e. The molecule has 0 saturated carbocycles. The van der Waals surface area contributed by atoms with Crippen molar-refractivity contribution in [2.24, 2.45) is 0 Å². The standard InChI is InChI=1S/C14H16F5NO3/c1-7(20-11(21)14(18,19)13(2,3)22)9-5-4-8(15)6-10(9)23-12(16)17/h4-7,12,22H,1-3H3,(H,20,21)/t7-/m0/s1. The Bertz CT molecular complexity index is 572. The minimum absolute atomic E-state index is 0.119. The van der Waals surface area contributed by atoms with E-state index in [4.69, 9.17) is 0 Å². The van der Waals surface area contributed by atoms with Crippen molar-refractivity contribution in [1.82, 2.24) is 5.32 Å². The second-order valence-electron chi connectivity index (χ2n) is 5.39. The van der Waals surface area contributed by atoms with Gasteiger partial charge in [-0.3, -0.25) is 4.79 Å². The van der Waals surface area contributed by atoms with E-state index in [0.29, 0.717) is 6.07 Å². The van der Waals surface area contributed by atoms with Gasteiger partial charge in [0.1, 0.15) is 17.2 Å². The molecule has 0 bridgehead atoms. The minimum atomic E-state index is -4.12. The fraction of sp³-hybridized carbons (Fsp3) is 0.500. The maximum atomic E-state index is 13.7. The van der Waals surface area contributed by atoms with E-state index in [1.807, 2.05) is 5.32 Å². The summed E-state index contributed by atoms with van der Waals surface area (Å²) in [6, 6.07) is 1.40. The molecule has 0 saturated heterocycles. The number of hydrogen-bond acceptors (Lipinski definition) is 3. The van der Waals surface area contributed by atoms with Crippen molar-refractivity contribution in [3.8, 4) is 5.75 Å². The highest BCUT2D eigenvalue weighted by molar-refractivity contribution is 5.85. The van der Waals surface area contributed by atoms with Crippen LogP contribution in [-0.4, -0.2) is 29.1 Å². The number of carbonyl (C=O) groups is 1. The summed E-state index contributed by atoms with van der Waals surface area (Å²) in [6.45, 7) is -0.526. The Morgan fingerprint density at radius 1 is 1.30 bits per heavy atom. The monoisotopic (exact) mass is 341 g/mol. The molecule has 0 radical (unpaired) electrons. The molecule has 0 aliphatic carbocycles. The first-order chi connectivity index (χ1) is 10.4. The summed E-state index contributed by atoms with van der Waals surface area (Å²) in [5, 5.41) is 11.2. The number of nitrogens with one attached hydrogen (secondary N) is 1. The molecule has 1 amide bonds. The molecular formula is C14H16F5NO3. The summed E-state index contributed by atoms with van der Waals surface area (Å²) in [7, 11) is 0. The summed E-state index contributed by atoms with van der Waals surface area (Å²) < 4.78 is 69.3. The quantitative estimate of drug-likeness (QED) is 0.782. The van der Waals surface area contributed by atoms with E-state index < -0.39 is 41.7 Å². The molecule has 0 aliphatic heterocycles. The third-order valence-electron chi connectivity index (χ3n) is 3.06. The van der Waals surface area contributed by atoms with Crippen LogP contribution in [-0.2, 0) is 4.79 Å². The Balaban J connectivity index is 3.02. The average molecular weight is 341 g/mol. The number of rotatable bonds is 6. The van der Waals surface area contributed by atoms with Gasteiger partial charge in [-0.1, -0.05) is 6.07 Å². The van der Waals surface area contributed by atoms with Crippen LogP contribution in [0.25, 0.3) is 0 Å². The first kappa shape index (κ1) is 19.1. The van der Waals surface area contributed by atoms with E-state index in [1.165, 1.54) is 6.92 Å². The van der Waals surface area contributed by atoms with Gasteiger partial charge in [-0.15, -0.1) is 0 Å². The van der Waals surface area contributed by atoms with Crippen LogP contribution in [0.1, 0.15) is 32.4 Å². The summed E-state index contributed by atoms with van der Waals surface area (Å²) >= 11 is 0. The van der Waals surface area contributed by atoms with Crippen LogP contribution in [0, 0.1) is 5.82 Å². The third kappa shape index (κ3) is 4.54. The fourth-order valence-corrected chi connectivity index (χ4v) is 1.71. The highest BCUT2D eigenvalue weighted by Crippen LogP contribution is 2.31. The van der Waals surface area contributed by atoms with Gasteiger partial charge in [-0.05, 0) is 26.8 Å². The number of aliphatic hydroxyl groups is 1. The number of alkyl halides is 4. The summed E-state index contributed by atoms with van der Waals surface area (Å²) in [6.07, 6.45) is 0. The summed E-state index contributed by atoms with van der Waals surface area (Å²) in [4.78, 5) is 11.6. The average Bonchev–Trinajstić information content (AvgIpc) is 2.36. The second kappa shape index (κ2) is 6.69. The number of ether oxygens (including phenoxy) is 1.